The van der Waals surface area contributed by atoms with Crippen LogP contribution in [0.25, 0.3) is 22.2 Å². The summed E-state index contributed by atoms with van der Waals surface area (Å²) < 4.78 is 20.8. The standard InChI is InChI=1S/C16H15FN4O2/c1-9-11-5-14(20-8-22)18-7-13(11)21(2)15(9)12-4-10(17)6-19-16(12)23-3/h4-8H,1-3H3,(H,18,20,22). The number of amides is 1. The number of carbonyl (C=O) groups excluding carboxylic acids is 1. The first-order valence-corrected chi connectivity index (χ1v) is 6.92. The number of anilines is 1. The van der Waals surface area contributed by atoms with Crippen molar-refractivity contribution in [1.29, 1.82) is 0 Å². The van der Waals surface area contributed by atoms with Crippen molar-refractivity contribution in [2.24, 2.45) is 7.05 Å². The largest absolute Gasteiger partial charge is 0.481 e. The van der Waals surface area contributed by atoms with Crippen LogP contribution < -0.4 is 10.1 Å². The van der Waals surface area contributed by atoms with E-state index in [1.54, 1.807) is 12.3 Å². The van der Waals surface area contributed by atoms with Crippen LogP contribution in [0.15, 0.2) is 24.5 Å². The molecule has 0 saturated carbocycles. The highest BCUT2D eigenvalue weighted by molar-refractivity contribution is 5.93. The van der Waals surface area contributed by atoms with Gasteiger partial charge in [-0.25, -0.2) is 14.4 Å². The number of hydrogen-bond acceptors (Lipinski definition) is 4. The Hall–Kier alpha value is -2.96. The lowest BCUT2D eigenvalue weighted by Crippen LogP contribution is -1.98. The molecule has 118 valence electrons. The summed E-state index contributed by atoms with van der Waals surface area (Å²) in [7, 11) is 3.36. The van der Waals surface area contributed by atoms with E-state index in [0.29, 0.717) is 23.7 Å². The maximum Gasteiger partial charge on any atom is 0.222 e. The van der Waals surface area contributed by atoms with Crippen LogP contribution in [0.5, 0.6) is 5.88 Å². The van der Waals surface area contributed by atoms with E-state index in [0.717, 1.165) is 28.4 Å². The van der Waals surface area contributed by atoms with Crippen LogP contribution in [0.4, 0.5) is 10.2 Å². The van der Waals surface area contributed by atoms with Crippen molar-refractivity contribution in [3.05, 3.63) is 35.9 Å². The van der Waals surface area contributed by atoms with Gasteiger partial charge in [0.05, 0.1) is 36.3 Å². The third kappa shape index (κ3) is 2.40. The molecule has 1 amide bonds. The molecule has 0 bridgehead atoms. The number of methoxy groups -OCH3 is 1. The summed E-state index contributed by atoms with van der Waals surface area (Å²) in [5.41, 5.74) is 3.13. The second kappa shape index (κ2) is 5.68. The molecule has 23 heavy (non-hydrogen) atoms. The summed E-state index contributed by atoms with van der Waals surface area (Å²) in [5.74, 6) is 0.364. The summed E-state index contributed by atoms with van der Waals surface area (Å²) in [6.07, 6.45) is 3.36. The Morgan fingerprint density at radius 3 is 2.78 bits per heavy atom. The van der Waals surface area contributed by atoms with Gasteiger partial charge in [0, 0.05) is 12.4 Å². The normalized spacial score (nSPS) is 10.8. The number of aromatic nitrogens is 3. The first kappa shape index (κ1) is 15.0. The Kier molecular flexibility index (Phi) is 3.69. The Bertz CT molecular complexity index is 905. The molecule has 1 N–H and O–H groups in total. The molecule has 0 aliphatic carbocycles. The summed E-state index contributed by atoms with van der Waals surface area (Å²) in [6.45, 7) is 1.92. The number of hydrogen-bond donors (Lipinski definition) is 1. The fraction of sp³-hybridized carbons (Fsp3) is 0.188. The Morgan fingerprint density at radius 2 is 2.09 bits per heavy atom. The molecule has 0 aliphatic rings. The quantitative estimate of drug-likeness (QED) is 0.752. The van der Waals surface area contributed by atoms with Gasteiger partial charge in [0.25, 0.3) is 0 Å². The van der Waals surface area contributed by atoms with Gasteiger partial charge in [0.1, 0.15) is 11.6 Å². The number of carbonyl (C=O) groups is 1. The van der Waals surface area contributed by atoms with E-state index in [9.17, 15) is 9.18 Å². The zero-order valence-corrected chi connectivity index (χ0v) is 12.9. The van der Waals surface area contributed by atoms with E-state index in [2.05, 4.69) is 15.3 Å². The van der Waals surface area contributed by atoms with Crippen molar-refractivity contribution in [1.82, 2.24) is 14.5 Å². The van der Waals surface area contributed by atoms with Crippen molar-refractivity contribution in [2.75, 3.05) is 12.4 Å². The summed E-state index contributed by atoms with van der Waals surface area (Å²) in [6, 6.07) is 3.17. The molecule has 6 nitrogen and oxygen atoms in total. The van der Waals surface area contributed by atoms with Gasteiger partial charge in [-0.15, -0.1) is 0 Å². The Balaban J connectivity index is 2.30. The average Bonchev–Trinajstić information content (AvgIpc) is 2.79. The number of aryl methyl sites for hydroxylation is 2. The number of halogens is 1. The summed E-state index contributed by atoms with van der Waals surface area (Å²) in [4.78, 5) is 18.8. The fourth-order valence-corrected chi connectivity index (χ4v) is 2.80. The lowest BCUT2D eigenvalue weighted by atomic mass is 10.1. The molecule has 0 radical (unpaired) electrons. The second-order valence-corrected chi connectivity index (χ2v) is 5.09. The maximum atomic E-state index is 13.7. The molecule has 0 spiro atoms. The molecule has 0 saturated heterocycles. The van der Waals surface area contributed by atoms with E-state index in [4.69, 9.17) is 4.74 Å². The molecule has 3 aromatic heterocycles. The second-order valence-electron chi connectivity index (χ2n) is 5.09. The fourth-order valence-electron chi connectivity index (χ4n) is 2.80. The van der Waals surface area contributed by atoms with E-state index in [1.807, 2.05) is 18.5 Å². The average molecular weight is 314 g/mol. The van der Waals surface area contributed by atoms with Gasteiger partial charge in [0.15, 0.2) is 0 Å². The molecule has 0 aliphatic heterocycles. The molecule has 3 aromatic rings. The zero-order valence-electron chi connectivity index (χ0n) is 12.9. The van der Waals surface area contributed by atoms with Gasteiger partial charge in [-0.05, 0) is 24.6 Å². The van der Waals surface area contributed by atoms with Crippen LogP contribution >= 0.6 is 0 Å². The van der Waals surface area contributed by atoms with Gasteiger partial charge >= 0.3 is 0 Å². The van der Waals surface area contributed by atoms with Crippen LogP contribution in [-0.2, 0) is 11.8 Å². The number of fused-ring (bicyclic) bond motifs is 1. The van der Waals surface area contributed by atoms with Crippen LogP contribution in [0, 0.1) is 12.7 Å². The number of nitrogens with one attached hydrogen (secondary N) is 1. The van der Waals surface area contributed by atoms with Crippen LogP contribution in [-0.4, -0.2) is 28.1 Å². The smallest absolute Gasteiger partial charge is 0.222 e. The molecular weight excluding hydrogens is 299 g/mol. The van der Waals surface area contributed by atoms with E-state index in [1.165, 1.54) is 13.2 Å². The zero-order chi connectivity index (χ0) is 16.6. The molecule has 0 fully saturated rings. The van der Waals surface area contributed by atoms with Gasteiger partial charge in [-0.1, -0.05) is 0 Å². The predicted octanol–water partition coefficient (Wildman–Crippen LogP) is 2.66. The van der Waals surface area contributed by atoms with Crippen molar-refractivity contribution >= 4 is 23.1 Å². The van der Waals surface area contributed by atoms with Gasteiger partial charge in [0.2, 0.25) is 12.3 Å². The van der Waals surface area contributed by atoms with Gasteiger partial charge in [-0.2, -0.15) is 0 Å². The first-order valence-electron chi connectivity index (χ1n) is 6.92. The van der Waals surface area contributed by atoms with Crippen molar-refractivity contribution < 1.29 is 13.9 Å². The van der Waals surface area contributed by atoms with Gasteiger partial charge in [-0.3, -0.25) is 4.79 Å². The number of ether oxygens (including phenoxy) is 1. The maximum absolute atomic E-state index is 13.7. The highest BCUT2D eigenvalue weighted by Gasteiger charge is 2.19. The van der Waals surface area contributed by atoms with E-state index < -0.39 is 5.82 Å². The first-order chi connectivity index (χ1) is 11.1. The highest BCUT2D eigenvalue weighted by atomic mass is 19.1. The lowest BCUT2D eigenvalue weighted by Gasteiger charge is -2.10. The van der Waals surface area contributed by atoms with Crippen LogP contribution in [0.1, 0.15) is 5.56 Å². The lowest BCUT2D eigenvalue weighted by molar-refractivity contribution is -0.105. The molecule has 7 heteroatoms. The van der Waals surface area contributed by atoms with Crippen molar-refractivity contribution in [2.45, 2.75) is 6.92 Å². The number of pyridine rings is 2. The number of nitrogens with zero attached hydrogens (tertiary/aromatic N) is 3. The minimum Gasteiger partial charge on any atom is -0.481 e. The number of rotatable bonds is 4. The van der Waals surface area contributed by atoms with Crippen molar-refractivity contribution in [3.8, 4) is 17.1 Å². The highest BCUT2D eigenvalue weighted by Crippen LogP contribution is 2.36. The predicted molar refractivity (Wildman–Crippen MR) is 84.9 cm³/mol. The molecule has 0 unspecified atom stereocenters. The topological polar surface area (TPSA) is 69.0 Å². The molecule has 3 heterocycles. The molecular formula is C16H15FN4O2. The molecule has 3 rings (SSSR count). The van der Waals surface area contributed by atoms with E-state index >= 15 is 0 Å². The monoisotopic (exact) mass is 314 g/mol. The molecule has 0 atom stereocenters. The minimum absolute atomic E-state index is 0.347. The Morgan fingerprint density at radius 1 is 1.30 bits per heavy atom. The third-order valence-corrected chi connectivity index (χ3v) is 3.81. The molecule has 0 aromatic carbocycles. The van der Waals surface area contributed by atoms with Crippen LogP contribution in [0.2, 0.25) is 0 Å². The van der Waals surface area contributed by atoms with E-state index in [-0.39, 0.29) is 0 Å². The van der Waals surface area contributed by atoms with Crippen molar-refractivity contribution in [3.63, 3.8) is 0 Å². The summed E-state index contributed by atoms with van der Waals surface area (Å²) in [5, 5.41) is 3.44. The third-order valence-electron chi connectivity index (χ3n) is 3.81. The minimum atomic E-state index is -0.438. The SMILES string of the molecule is COc1ncc(F)cc1-c1c(C)c2cc(NC=O)ncc2n1C. The van der Waals surface area contributed by atoms with Gasteiger partial charge < -0.3 is 14.6 Å². The Labute approximate surface area is 131 Å². The summed E-state index contributed by atoms with van der Waals surface area (Å²) >= 11 is 0. The van der Waals surface area contributed by atoms with Crippen LogP contribution in [0.3, 0.4) is 0 Å².